The average molecular weight is 394 g/mol. The van der Waals surface area contributed by atoms with E-state index in [0.717, 1.165) is 41.5 Å². The highest BCUT2D eigenvalue weighted by Crippen LogP contribution is 2.28. The largest absolute Gasteiger partial charge is 0.325 e. The zero-order valence-electron chi connectivity index (χ0n) is 15.1. The molecular weight excluding hydrogens is 369 g/mol. The molecule has 140 valence electrons. The number of hydrogen-bond acceptors (Lipinski definition) is 3. The van der Waals surface area contributed by atoms with Crippen LogP contribution in [0.2, 0.25) is 5.02 Å². The van der Waals surface area contributed by atoms with Gasteiger partial charge in [0.05, 0.1) is 6.54 Å². The van der Waals surface area contributed by atoms with Crippen LogP contribution in [0, 0.1) is 13.8 Å². The number of hydrogen-bond donors (Lipinski definition) is 2. The molecule has 0 aromatic heterocycles. The summed E-state index contributed by atoms with van der Waals surface area (Å²) >= 11 is 6.37. The number of carbonyl (C=O) groups is 1. The van der Waals surface area contributed by atoms with Crippen LogP contribution in [0.3, 0.4) is 0 Å². The molecule has 1 unspecified atom stereocenters. The zero-order valence-corrected chi connectivity index (χ0v) is 16.7. The van der Waals surface area contributed by atoms with Crippen molar-refractivity contribution in [3.63, 3.8) is 0 Å². The van der Waals surface area contributed by atoms with Gasteiger partial charge in [-0.25, -0.2) is 0 Å². The van der Waals surface area contributed by atoms with E-state index in [1.807, 2.05) is 43.3 Å². The first-order valence-corrected chi connectivity index (χ1v) is 8.99. The average Bonchev–Trinajstić information content (AvgIpc) is 2.60. The Hall–Kier alpha value is -1.59. The van der Waals surface area contributed by atoms with Crippen molar-refractivity contribution in [1.82, 2.24) is 10.2 Å². The minimum atomic E-state index is 0. The third kappa shape index (κ3) is 4.77. The van der Waals surface area contributed by atoms with Crippen molar-refractivity contribution in [2.24, 2.45) is 0 Å². The summed E-state index contributed by atoms with van der Waals surface area (Å²) in [4.78, 5) is 14.8. The third-order valence-electron chi connectivity index (χ3n) is 4.84. The van der Waals surface area contributed by atoms with E-state index in [4.69, 9.17) is 11.6 Å². The Bertz CT molecular complexity index is 766. The first-order chi connectivity index (χ1) is 12.1. The Morgan fingerprint density at radius 2 is 2.00 bits per heavy atom. The quantitative estimate of drug-likeness (QED) is 0.825. The van der Waals surface area contributed by atoms with Gasteiger partial charge in [-0.05, 0) is 42.7 Å². The van der Waals surface area contributed by atoms with Crippen molar-refractivity contribution >= 4 is 35.6 Å². The molecule has 2 N–H and O–H groups in total. The van der Waals surface area contributed by atoms with E-state index in [9.17, 15) is 4.79 Å². The molecule has 1 heterocycles. The molecule has 6 heteroatoms. The van der Waals surface area contributed by atoms with E-state index in [1.54, 1.807) is 0 Å². The van der Waals surface area contributed by atoms with Gasteiger partial charge in [-0.2, -0.15) is 0 Å². The number of aryl methyl sites for hydroxylation is 1. The van der Waals surface area contributed by atoms with Crippen molar-refractivity contribution in [2.45, 2.75) is 19.9 Å². The topological polar surface area (TPSA) is 44.4 Å². The highest BCUT2D eigenvalue weighted by atomic mass is 35.5. The van der Waals surface area contributed by atoms with Crippen molar-refractivity contribution in [2.75, 3.05) is 31.5 Å². The van der Waals surface area contributed by atoms with Gasteiger partial charge in [0.1, 0.15) is 0 Å². The van der Waals surface area contributed by atoms with Gasteiger partial charge in [0.25, 0.3) is 0 Å². The normalized spacial score (nSPS) is 17.4. The van der Waals surface area contributed by atoms with Crippen LogP contribution in [-0.2, 0) is 4.79 Å². The Morgan fingerprint density at radius 3 is 2.77 bits per heavy atom. The van der Waals surface area contributed by atoms with Crippen molar-refractivity contribution in [1.29, 1.82) is 0 Å². The molecule has 0 bridgehead atoms. The van der Waals surface area contributed by atoms with E-state index in [0.29, 0.717) is 6.54 Å². The van der Waals surface area contributed by atoms with Gasteiger partial charge < -0.3 is 10.6 Å². The predicted molar refractivity (Wildman–Crippen MR) is 110 cm³/mol. The monoisotopic (exact) mass is 393 g/mol. The van der Waals surface area contributed by atoms with Crippen LogP contribution in [0.4, 0.5) is 5.69 Å². The van der Waals surface area contributed by atoms with E-state index < -0.39 is 0 Å². The highest BCUT2D eigenvalue weighted by molar-refractivity contribution is 6.31. The molecule has 1 aliphatic heterocycles. The van der Waals surface area contributed by atoms with Crippen LogP contribution in [0.15, 0.2) is 42.5 Å². The number of anilines is 1. The van der Waals surface area contributed by atoms with Crippen molar-refractivity contribution in [3.05, 3.63) is 64.2 Å². The van der Waals surface area contributed by atoms with E-state index >= 15 is 0 Å². The van der Waals surface area contributed by atoms with Gasteiger partial charge >= 0.3 is 0 Å². The molecule has 0 saturated carbocycles. The van der Waals surface area contributed by atoms with Gasteiger partial charge in [-0.1, -0.05) is 41.9 Å². The maximum atomic E-state index is 12.6. The highest BCUT2D eigenvalue weighted by Gasteiger charge is 2.27. The number of carbonyl (C=O) groups excluding carboxylic acids is 1. The zero-order chi connectivity index (χ0) is 17.8. The molecule has 1 atom stereocenters. The maximum Gasteiger partial charge on any atom is 0.238 e. The van der Waals surface area contributed by atoms with Gasteiger partial charge in [0.2, 0.25) is 5.91 Å². The third-order valence-corrected chi connectivity index (χ3v) is 5.19. The molecule has 4 nitrogen and oxygen atoms in total. The molecule has 1 saturated heterocycles. The molecule has 26 heavy (non-hydrogen) atoms. The van der Waals surface area contributed by atoms with Crippen LogP contribution < -0.4 is 10.6 Å². The first-order valence-electron chi connectivity index (χ1n) is 8.61. The predicted octanol–water partition coefficient (Wildman–Crippen LogP) is 3.96. The second kappa shape index (κ2) is 9.38. The van der Waals surface area contributed by atoms with Gasteiger partial charge in [-0.3, -0.25) is 9.69 Å². The second-order valence-corrected chi connectivity index (χ2v) is 6.91. The van der Waals surface area contributed by atoms with Crippen molar-refractivity contribution < 1.29 is 4.79 Å². The maximum absolute atomic E-state index is 12.6. The van der Waals surface area contributed by atoms with Crippen LogP contribution >= 0.6 is 24.0 Å². The minimum Gasteiger partial charge on any atom is -0.325 e. The number of piperazine rings is 1. The Kier molecular flexibility index (Phi) is 7.47. The van der Waals surface area contributed by atoms with Crippen LogP contribution in [0.25, 0.3) is 0 Å². The number of benzene rings is 2. The molecule has 0 radical (unpaired) electrons. The fourth-order valence-corrected chi connectivity index (χ4v) is 3.51. The summed E-state index contributed by atoms with van der Waals surface area (Å²) in [6, 6.07) is 13.9. The Labute approximate surface area is 166 Å². The number of halogens is 2. The first kappa shape index (κ1) is 20.7. The number of amides is 1. The molecule has 1 fully saturated rings. The summed E-state index contributed by atoms with van der Waals surface area (Å²) in [5.74, 6) is 0.00709. The van der Waals surface area contributed by atoms with Gasteiger partial charge in [-0.15, -0.1) is 12.4 Å². The molecule has 3 rings (SSSR count). The van der Waals surface area contributed by atoms with Crippen LogP contribution in [0.5, 0.6) is 0 Å². The van der Waals surface area contributed by atoms with E-state index in [2.05, 4.69) is 28.5 Å². The molecular formula is C20H25Cl2N3O. The molecule has 1 aliphatic rings. The standard InChI is InChI=1S/C20H24ClN3O.ClH/c1-14-6-5-9-18(15(14)2)23-20(25)13-24-11-10-22-12-19(24)16-7-3-4-8-17(16)21;/h3-9,19,22H,10-13H2,1-2H3,(H,23,25);1H. The lowest BCUT2D eigenvalue weighted by Gasteiger charge is -2.36. The van der Waals surface area contributed by atoms with E-state index in [1.165, 1.54) is 5.56 Å². The summed E-state index contributed by atoms with van der Waals surface area (Å²) in [6.45, 7) is 6.91. The lowest BCUT2D eigenvalue weighted by Crippen LogP contribution is -2.48. The number of nitrogens with one attached hydrogen (secondary N) is 2. The summed E-state index contributed by atoms with van der Waals surface area (Å²) in [6.07, 6.45) is 0. The van der Waals surface area contributed by atoms with E-state index in [-0.39, 0.29) is 24.4 Å². The van der Waals surface area contributed by atoms with Gasteiger partial charge in [0.15, 0.2) is 0 Å². The minimum absolute atomic E-state index is 0. The van der Waals surface area contributed by atoms with Crippen LogP contribution in [0.1, 0.15) is 22.7 Å². The molecule has 0 spiro atoms. The molecule has 2 aromatic rings. The fourth-order valence-electron chi connectivity index (χ4n) is 3.25. The SMILES string of the molecule is Cc1cccc(NC(=O)CN2CCNCC2c2ccccc2Cl)c1C.Cl. The molecule has 1 amide bonds. The smallest absolute Gasteiger partial charge is 0.238 e. The molecule has 0 aliphatic carbocycles. The summed E-state index contributed by atoms with van der Waals surface area (Å²) in [5.41, 5.74) is 4.23. The van der Waals surface area contributed by atoms with Crippen molar-refractivity contribution in [3.8, 4) is 0 Å². The lowest BCUT2D eigenvalue weighted by atomic mass is 10.0. The lowest BCUT2D eigenvalue weighted by molar-refractivity contribution is -0.118. The number of nitrogens with zero attached hydrogens (tertiary/aromatic N) is 1. The molecule has 2 aromatic carbocycles. The summed E-state index contributed by atoms with van der Waals surface area (Å²) < 4.78 is 0. The Balaban J connectivity index is 0.00000243. The Morgan fingerprint density at radius 1 is 1.23 bits per heavy atom. The van der Waals surface area contributed by atoms with Gasteiger partial charge in [0, 0.05) is 36.4 Å². The van der Waals surface area contributed by atoms with Crippen LogP contribution in [-0.4, -0.2) is 37.0 Å². The number of rotatable bonds is 4. The summed E-state index contributed by atoms with van der Waals surface area (Å²) in [5, 5.41) is 7.20. The fraction of sp³-hybridized carbons (Fsp3) is 0.350. The summed E-state index contributed by atoms with van der Waals surface area (Å²) in [7, 11) is 0. The second-order valence-electron chi connectivity index (χ2n) is 6.51.